The fourth-order valence-electron chi connectivity index (χ4n) is 2.92. The number of halogens is 3. The molecule has 0 fully saturated rings. The molecule has 0 atom stereocenters. The van der Waals surface area contributed by atoms with Gasteiger partial charge in [-0.05, 0) is 30.3 Å². The number of rotatable bonds is 7. The third-order valence-electron chi connectivity index (χ3n) is 4.46. The van der Waals surface area contributed by atoms with Crippen LogP contribution in [-0.2, 0) is 4.79 Å². The number of amides is 1. The van der Waals surface area contributed by atoms with Gasteiger partial charge in [0.05, 0.1) is 22.0 Å². The van der Waals surface area contributed by atoms with E-state index in [-0.39, 0.29) is 11.7 Å². The van der Waals surface area contributed by atoms with E-state index in [1.807, 2.05) is 59.2 Å². The Kier molecular flexibility index (Phi) is 7.82. The second-order valence-corrected chi connectivity index (χ2v) is 9.35. The lowest BCUT2D eigenvalue weighted by atomic mass is 10.2. The molecule has 1 N–H and O–H groups in total. The summed E-state index contributed by atoms with van der Waals surface area (Å²) in [4.78, 5) is 12.4. The average Bonchev–Trinajstić information content (AvgIpc) is 3.25. The van der Waals surface area contributed by atoms with Gasteiger partial charge < -0.3 is 0 Å². The summed E-state index contributed by atoms with van der Waals surface area (Å²) in [6, 6.07) is 22.8. The summed E-state index contributed by atoms with van der Waals surface area (Å²) in [5.41, 5.74) is 4.92. The van der Waals surface area contributed by atoms with Crippen LogP contribution in [0.3, 0.4) is 0 Å². The van der Waals surface area contributed by atoms with E-state index in [4.69, 9.17) is 23.2 Å². The first-order chi connectivity index (χ1) is 16.0. The molecule has 6 nitrogen and oxygen atoms in total. The quantitative estimate of drug-likeness (QED) is 0.165. The van der Waals surface area contributed by atoms with E-state index in [1.165, 1.54) is 18.0 Å². The van der Waals surface area contributed by atoms with Gasteiger partial charge in [0.2, 0.25) is 0 Å². The molecule has 0 spiro atoms. The van der Waals surface area contributed by atoms with Crippen LogP contribution in [0.2, 0.25) is 10.0 Å². The number of benzene rings is 3. The monoisotopic (exact) mass is 559 g/mol. The Balaban J connectivity index is 1.50. The molecule has 3 aromatic carbocycles. The molecule has 4 aromatic rings. The third kappa shape index (κ3) is 5.83. The molecule has 0 aliphatic rings. The minimum atomic E-state index is -0.291. The number of hydrazone groups is 1. The minimum Gasteiger partial charge on any atom is -0.272 e. The molecule has 33 heavy (non-hydrogen) atoms. The Labute approximate surface area is 213 Å². The van der Waals surface area contributed by atoms with E-state index in [0.717, 1.165) is 15.7 Å². The molecule has 0 bridgehead atoms. The largest absolute Gasteiger partial charge is 0.272 e. The van der Waals surface area contributed by atoms with E-state index in [0.29, 0.717) is 26.6 Å². The molecule has 10 heteroatoms. The van der Waals surface area contributed by atoms with Crippen molar-refractivity contribution in [1.29, 1.82) is 0 Å². The van der Waals surface area contributed by atoms with Crippen LogP contribution in [0, 0.1) is 0 Å². The van der Waals surface area contributed by atoms with Gasteiger partial charge in [-0.25, -0.2) is 5.43 Å². The van der Waals surface area contributed by atoms with Gasteiger partial charge in [0.25, 0.3) is 5.91 Å². The Bertz CT molecular complexity index is 1300. The lowest BCUT2D eigenvalue weighted by Crippen LogP contribution is -2.20. The first kappa shape index (κ1) is 23.5. The smallest absolute Gasteiger partial charge is 0.250 e. The van der Waals surface area contributed by atoms with Crippen LogP contribution in [-0.4, -0.2) is 32.6 Å². The number of thioether (sulfide) groups is 1. The average molecular weight is 561 g/mol. The van der Waals surface area contributed by atoms with Gasteiger partial charge in [-0.1, -0.05) is 93.4 Å². The summed E-state index contributed by atoms with van der Waals surface area (Å²) in [7, 11) is 0. The summed E-state index contributed by atoms with van der Waals surface area (Å²) < 4.78 is 2.89. The van der Waals surface area contributed by atoms with Crippen molar-refractivity contribution in [2.24, 2.45) is 5.10 Å². The highest BCUT2D eigenvalue weighted by Crippen LogP contribution is 2.28. The van der Waals surface area contributed by atoms with Crippen LogP contribution in [0.15, 0.2) is 87.5 Å². The number of hydrogen-bond donors (Lipinski definition) is 1. The van der Waals surface area contributed by atoms with Gasteiger partial charge in [-0.2, -0.15) is 5.10 Å². The predicted octanol–water partition coefficient (Wildman–Crippen LogP) is 6.25. The summed E-state index contributed by atoms with van der Waals surface area (Å²) >= 11 is 16.8. The Morgan fingerprint density at radius 3 is 2.55 bits per heavy atom. The number of carbonyl (C=O) groups is 1. The van der Waals surface area contributed by atoms with Gasteiger partial charge in [0, 0.05) is 21.3 Å². The molecular formula is C23H16BrCl2N5OS. The Morgan fingerprint density at radius 2 is 1.79 bits per heavy atom. The maximum Gasteiger partial charge on any atom is 0.250 e. The Hall–Kier alpha value is -2.65. The summed E-state index contributed by atoms with van der Waals surface area (Å²) in [5.74, 6) is 0.500. The fraction of sp³-hybridized carbons (Fsp3) is 0.0435. The maximum atomic E-state index is 12.4. The normalized spacial score (nSPS) is 11.1. The molecule has 0 saturated carbocycles. The molecule has 1 heterocycles. The van der Waals surface area contributed by atoms with Crippen molar-refractivity contribution in [2.45, 2.75) is 5.16 Å². The molecule has 0 aliphatic carbocycles. The summed E-state index contributed by atoms with van der Waals surface area (Å²) in [5, 5.41) is 14.1. The number of hydrogen-bond acceptors (Lipinski definition) is 5. The van der Waals surface area contributed by atoms with Crippen LogP contribution in [0.5, 0.6) is 0 Å². The molecule has 0 radical (unpaired) electrons. The van der Waals surface area contributed by atoms with E-state index >= 15 is 0 Å². The van der Waals surface area contributed by atoms with Gasteiger partial charge in [-0.3, -0.25) is 9.36 Å². The number of carbonyl (C=O) groups excluding carboxylic acids is 1. The SMILES string of the molecule is O=C(CSc1nnc(-c2ccccc2)n1-c1ccc(Br)cc1)NN=Cc1cccc(Cl)c1Cl. The molecule has 1 aromatic heterocycles. The van der Waals surface area contributed by atoms with E-state index < -0.39 is 0 Å². The number of nitrogens with zero attached hydrogens (tertiary/aromatic N) is 4. The molecule has 4 rings (SSSR count). The topological polar surface area (TPSA) is 72.2 Å². The lowest BCUT2D eigenvalue weighted by Gasteiger charge is -2.10. The zero-order valence-corrected chi connectivity index (χ0v) is 20.9. The van der Waals surface area contributed by atoms with Gasteiger partial charge in [0.15, 0.2) is 11.0 Å². The van der Waals surface area contributed by atoms with Crippen LogP contribution < -0.4 is 5.43 Å². The predicted molar refractivity (Wildman–Crippen MR) is 137 cm³/mol. The molecule has 0 saturated heterocycles. The second-order valence-electron chi connectivity index (χ2n) is 6.71. The van der Waals surface area contributed by atoms with Crippen molar-refractivity contribution in [3.05, 3.63) is 92.9 Å². The third-order valence-corrected chi connectivity index (χ3v) is 6.75. The van der Waals surface area contributed by atoms with E-state index in [9.17, 15) is 4.79 Å². The van der Waals surface area contributed by atoms with Crippen LogP contribution in [0.4, 0.5) is 0 Å². The van der Waals surface area contributed by atoms with E-state index in [1.54, 1.807) is 18.2 Å². The van der Waals surface area contributed by atoms with Gasteiger partial charge >= 0.3 is 0 Å². The molecule has 1 amide bonds. The summed E-state index contributed by atoms with van der Waals surface area (Å²) in [6.45, 7) is 0. The van der Waals surface area contributed by atoms with Crippen molar-refractivity contribution in [2.75, 3.05) is 5.75 Å². The van der Waals surface area contributed by atoms with Gasteiger partial charge in [-0.15, -0.1) is 10.2 Å². The fourth-order valence-corrected chi connectivity index (χ4v) is 4.28. The first-order valence-corrected chi connectivity index (χ1v) is 12.2. The van der Waals surface area contributed by atoms with Crippen LogP contribution in [0.25, 0.3) is 17.1 Å². The van der Waals surface area contributed by atoms with Crippen molar-refractivity contribution >= 4 is 63.0 Å². The minimum absolute atomic E-state index is 0.101. The van der Waals surface area contributed by atoms with Gasteiger partial charge in [0.1, 0.15) is 0 Å². The molecule has 0 unspecified atom stereocenters. The van der Waals surface area contributed by atoms with Crippen molar-refractivity contribution in [1.82, 2.24) is 20.2 Å². The Morgan fingerprint density at radius 1 is 1.03 bits per heavy atom. The second kappa shape index (κ2) is 11.0. The molecular weight excluding hydrogens is 545 g/mol. The lowest BCUT2D eigenvalue weighted by molar-refractivity contribution is -0.118. The zero-order valence-electron chi connectivity index (χ0n) is 17.0. The zero-order chi connectivity index (χ0) is 23.2. The standard InChI is InChI=1S/C23H16BrCl2N5OS/c24-17-9-11-18(12-10-17)31-22(15-5-2-1-3-6-15)29-30-23(31)33-14-20(32)28-27-13-16-7-4-8-19(25)21(16)26/h1-13H,14H2,(H,28,32). The molecule has 166 valence electrons. The first-order valence-electron chi connectivity index (χ1n) is 9.68. The van der Waals surface area contributed by atoms with E-state index in [2.05, 4.69) is 36.7 Å². The highest BCUT2D eigenvalue weighted by molar-refractivity contribution is 9.10. The van der Waals surface area contributed by atoms with Crippen LogP contribution in [0.1, 0.15) is 5.56 Å². The van der Waals surface area contributed by atoms with Crippen molar-refractivity contribution < 1.29 is 4.79 Å². The highest BCUT2D eigenvalue weighted by atomic mass is 79.9. The number of aromatic nitrogens is 3. The highest BCUT2D eigenvalue weighted by Gasteiger charge is 2.17. The molecule has 0 aliphatic heterocycles. The summed E-state index contributed by atoms with van der Waals surface area (Å²) in [6.07, 6.45) is 1.45. The van der Waals surface area contributed by atoms with Crippen molar-refractivity contribution in [3.63, 3.8) is 0 Å². The van der Waals surface area contributed by atoms with Crippen molar-refractivity contribution in [3.8, 4) is 17.1 Å². The number of nitrogens with one attached hydrogen (secondary N) is 1. The van der Waals surface area contributed by atoms with Crippen LogP contribution >= 0.6 is 50.9 Å². The maximum absolute atomic E-state index is 12.4.